The van der Waals surface area contributed by atoms with Crippen LogP contribution in [0.2, 0.25) is 0 Å². The van der Waals surface area contributed by atoms with E-state index < -0.39 is 0 Å². The molecule has 0 unspecified atom stereocenters. The lowest BCUT2D eigenvalue weighted by molar-refractivity contribution is -0.385. The third-order valence-corrected chi connectivity index (χ3v) is 3.99. The van der Waals surface area contributed by atoms with Gasteiger partial charge in [-0.15, -0.1) is 0 Å². The summed E-state index contributed by atoms with van der Waals surface area (Å²) in [5, 5.41) is 14.2. The van der Waals surface area contributed by atoms with E-state index in [2.05, 4.69) is 37.2 Å². The molecule has 5 nitrogen and oxygen atoms in total. The van der Waals surface area contributed by atoms with Crippen LogP contribution >= 0.6 is 31.9 Å². The van der Waals surface area contributed by atoms with E-state index in [1.54, 1.807) is 19.2 Å². The predicted octanol–water partition coefficient (Wildman–Crippen LogP) is 4.74. The Morgan fingerprint density at radius 3 is 2.62 bits per heavy atom. The highest BCUT2D eigenvalue weighted by atomic mass is 79.9. The van der Waals surface area contributed by atoms with Gasteiger partial charge in [0.2, 0.25) is 0 Å². The summed E-state index contributed by atoms with van der Waals surface area (Å²) in [6, 6.07) is 10.4. The van der Waals surface area contributed by atoms with E-state index in [0.29, 0.717) is 12.1 Å². The molecule has 21 heavy (non-hydrogen) atoms. The van der Waals surface area contributed by atoms with Crippen LogP contribution in [-0.4, -0.2) is 12.0 Å². The van der Waals surface area contributed by atoms with Gasteiger partial charge in [0.1, 0.15) is 5.75 Å². The molecule has 0 spiro atoms. The maximum absolute atomic E-state index is 11.0. The number of ether oxygens (including phenoxy) is 1. The first kappa shape index (κ1) is 15.8. The smallest absolute Gasteiger partial charge is 0.274 e. The van der Waals surface area contributed by atoms with Crippen LogP contribution in [0.25, 0.3) is 0 Å². The Kier molecular flexibility index (Phi) is 5.19. The summed E-state index contributed by atoms with van der Waals surface area (Å²) in [6.07, 6.45) is 0. The Hall–Kier alpha value is -1.60. The molecule has 0 heterocycles. The van der Waals surface area contributed by atoms with E-state index in [1.807, 2.05) is 18.2 Å². The number of benzene rings is 2. The number of nitrogens with one attached hydrogen (secondary N) is 1. The summed E-state index contributed by atoms with van der Waals surface area (Å²) < 4.78 is 6.78. The van der Waals surface area contributed by atoms with Gasteiger partial charge in [-0.25, -0.2) is 0 Å². The van der Waals surface area contributed by atoms with Gasteiger partial charge in [-0.05, 0) is 46.3 Å². The van der Waals surface area contributed by atoms with Gasteiger partial charge in [0.05, 0.1) is 16.5 Å². The van der Waals surface area contributed by atoms with E-state index >= 15 is 0 Å². The van der Waals surface area contributed by atoms with E-state index in [1.165, 1.54) is 6.07 Å². The highest BCUT2D eigenvalue weighted by Crippen LogP contribution is 2.29. The summed E-state index contributed by atoms with van der Waals surface area (Å²) in [5.41, 5.74) is 1.55. The minimum atomic E-state index is -0.382. The van der Waals surface area contributed by atoms with Crippen LogP contribution in [0.15, 0.2) is 45.3 Å². The first-order chi connectivity index (χ1) is 10.0. The van der Waals surface area contributed by atoms with Crippen molar-refractivity contribution in [3.05, 3.63) is 61.0 Å². The molecule has 0 amide bonds. The van der Waals surface area contributed by atoms with Crippen molar-refractivity contribution in [2.75, 3.05) is 12.4 Å². The van der Waals surface area contributed by atoms with Crippen LogP contribution in [0.5, 0.6) is 5.75 Å². The van der Waals surface area contributed by atoms with Crippen molar-refractivity contribution in [2.24, 2.45) is 0 Å². The Morgan fingerprint density at radius 2 is 2.00 bits per heavy atom. The average molecular weight is 416 g/mol. The maximum Gasteiger partial charge on any atom is 0.274 e. The zero-order chi connectivity index (χ0) is 15.4. The van der Waals surface area contributed by atoms with Crippen LogP contribution in [0.4, 0.5) is 11.4 Å². The van der Waals surface area contributed by atoms with Gasteiger partial charge in [-0.2, -0.15) is 0 Å². The van der Waals surface area contributed by atoms with Crippen molar-refractivity contribution in [3.63, 3.8) is 0 Å². The van der Waals surface area contributed by atoms with Gasteiger partial charge in [-0.3, -0.25) is 10.1 Å². The molecular weight excluding hydrogens is 404 g/mol. The standard InChI is InChI=1S/C14H12Br2N2O3/c1-21-14-5-3-11(7-12(14)16)17-8-9-6-10(15)2-4-13(9)18(19)20/h2-7,17H,8H2,1H3. The molecule has 7 heteroatoms. The highest BCUT2D eigenvalue weighted by molar-refractivity contribution is 9.10. The lowest BCUT2D eigenvalue weighted by Crippen LogP contribution is -2.03. The fourth-order valence-corrected chi connectivity index (χ4v) is 2.80. The molecule has 0 saturated heterocycles. The molecule has 2 rings (SSSR count). The molecule has 2 aromatic rings. The second kappa shape index (κ2) is 6.91. The normalized spacial score (nSPS) is 10.2. The summed E-state index contributed by atoms with van der Waals surface area (Å²) in [4.78, 5) is 10.6. The topological polar surface area (TPSA) is 64.4 Å². The SMILES string of the molecule is COc1ccc(NCc2cc(Br)ccc2[N+](=O)[O-])cc1Br. The van der Waals surface area contributed by atoms with Crippen molar-refractivity contribution in [1.82, 2.24) is 0 Å². The molecule has 2 aromatic carbocycles. The molecule has 0 aliphatic rings. The Bertz CT molecular complexity index is 677. The number of nitro groups is 1. The molecule has 1 N–H and O–H groups in total. The van der Waals surface area contributed by atoms with Gasteiger partial charge >= 0.3 is 0 Å². The summed E-state index contributed by atoms with van der Waals surface area (Å²) in [6.45, 7) is 0.356. The van der Waals surface area contributed by atoms with Gasteiger partial charge in [0, 0.05) is 28.3 Å². The second-order valence-electron chi connectivity index (χ2n) is 4.23. The minimum absolute atomic E-state index is 0.0956. The number of methoxy groups -OCH3 is 1. The van der Waals surface area contributed by atoms with Crippen LogP contribution < -0.4 is 10.1 Å². The van der Waals surface area contributed by atoms with Crippen molar-refractivity contribution < 1.29 is 9.66 Å². The van der Waals surface area contributed by atoms with Crippen LogP contribution in [-0.2, 0) is 6.54 Å². The largest absolute Gasteiger partial charge is 0.496 e. The van der Waals surface area contributed by atoms with Crippen LogP contribution in [0, 0.1) is 10.1 Å². The van der Waals surface area contributed by atoms with Gasteiger partial charge in [0.25, 0.3) is 5.69 Å². The third-order valence-electron chi connectivity index (χ3n) is 2.87. The molecule has 110 valence electrons. The number of hydrogen-bond acceptors (Lipinski definition) is 4. The lowest BCUT2D eigenvalue weighted by atomic mass is 10.1. The Morgan fingerprint density at radius 1 is 1.24 bits per heavy atom. The highest BCUT2D eigenvalue weighted by Gasteiger charge is 2.13. The molecule has 0 aliphatic heterocycles. The fraction of sp³-hybridized carbons (Fsp3) is 0.143. The molecule has 0 saturated carbocycles. The van der Waals surface area contributed by atoms with Crippen molar-refractivity contribution >= 4 is 43.2 Å². The first-order valence-corrected chi connectivity index (χ1v) is 7.60. The Balaban J connectivity index is 2.18. The number of anilines is 1. The minimum Gasteiger partial charge on any atom is -0.496 e. The molecular formula is C14H12Br2N2O3. The van der Waals surface area contributed by atoms with Gasteiger partial charge < -0.3 is 10.1 Å². The lowest BCUT2D eigenvalue weighted by Gasteiger charge is -2.10. The third kappa shape index (κ3) is 3.95. The molecule has 0 aromatic heterocycles. The van der Waals surface area contributed by atoms with Crippen molar-refractivity contribution in [1.29, 1.82) is 0 Å². The van der Waals surface area contributed by atoms with Crippen molar-refractivity contribution in [2.45, 2.75) is 6.54 Å². The van der Waals surface area contributed by atoms with E-state index in [0.717, 1.165) is 20.4 Å². The maximum atomic E-state index is 11.0. The quantitative estimate of drug-likeness (QED) is 0.565. The number of halogens is 2. The van der Waals surface area contributed by atoms with Gasteiger partial charge in [0.15, 0.2) is 0 Å². The molecule has 0 aliphatic carbocycles. The summed E-state index contributed by atoms with van der Waals surface area (Å²) >= 11 is 6.73. The zero-order valence-electron chi connectivity index (χ0n) is 11.1. The predicted molar refractivity (Wildman–Crippen MR) is 88.8 cm³/mol. The van der Waals surface area contributed by atoms with E-state index in [9.17, 15) is 10.1 Å². The monoisotopic (exact) mass is 414 g/mol. The number of rotatable bonds is 5. The Labute approximate surface area is 138 Å². The van der Waals surface area contributed by atoms with E-state index in [-0.39, 0.29) is 10.6 Å². The zero-order valence-corrected chi connectivity index (χ0v) is 14.3. The first-order valence-electron chi connectivity index (χ1n) is 6.01. The molecule has 0 fully saturated rings. The average Bonchev–Trinajstić information content (AvgIpc) is 2.45. The second-order valence-corrected chi connectivity index (χ2v) is 6.00. The molecule has 0 atom stereocenters. The molecule has 0 radical (unpaired) electrons. The van der Waals surface area contributed by atoms with Gasteiger partial charge in [-0.1, -0.05) is 15.9 Å². The molecule has 0 bridgehead atoms. The van der Waals surface area contributed by atoms with Crippen LogP contribution in [0.1, 0.15) is 5.56 Å². The summed E-state index contributed by atoms with van der Waals surface area (Å²) in [7, 11) is 1.60. The van der Waals surface area contributed by atoms with Crippen LogP contribution in [0.3, 0.4) is 0 Å². The summed E-state index contributed by atoms with van der Waals surface area (Å²) in [5.74, 6) is 0.731. The number of nitrogens with zero attached hydrogens (tertiary/aromatic N) is 1. The number of nitro benzene ring substituents is 1. The van der Waals surface area contributed by atoms with Crippen molar-refractivity contribution in [3.8, 4) is 5.75 Å². The van der Waals surface area contributed by atoms with E-state index in [4.69, 9.17) is 4.74 Å². The fourth-order valence-electron chi connectivity index (χ4n) is 1.85. The number of hydrogen-bond donors (Lipinski definition) is 1.